The summed E-state index contributed by atoms with van der Waals surface area (Å²) in [6, 6.07) is 8.17. The number of rotatable bonds is 4. The van der Waals surface area contributed by atoms with E-state index in [4.69, 9.17) is 0 Å². The van der Waals surface area contributed by atoms with E-state index in [1.165, 1.54) is 0 Å². The predicted molar refractivity (Wildman–Crippen MR) is 87.7 cm³/mol. The topological polar surface area (TPSA) is 80.4 Å². The van der Waals surface area contributed by atoms with Gasteiger partial charge in [0.15, 0.2) is 0 Å². The molecule has 0 saturated heterocycles. The number of nitrogens with zero attached hydrogens (tertiary/aromatic N) is 1. The summed E-state index contributed by atoms with van der Waals surface area (Å²) in [4.78, 5) is 21.6. The van der Waals surface area contributed by atoms with E-state index in [1.54, 1.807) is 24.3 Å². The molecule has 0 radical (unpaired) electrons. The molecule has 0 bridgehead atoms. The molecule has 0 heterocycles. The molecule has 25 heavy (non-hydrogen) atoms. The Morgan fingerprint density at radius 2 is 1.88 bits per heavy atom. The average Bonchev–Trinajstić information content (AvgIpc) is 2.51. The lowest BCUT2D eigenvalue weighted by Gasteiger charge is -2.09. The van der Waals surface area contributed by atoms with Crippen LogP contribution in [0.5, 0.6) is 0 Å². The fourth-order valence-electron chi connectivity index (χ4n) is 2.10. The summed E-state index contributed by atoms with van der Waals surface area (Å²) in [6.45, 7) is 0. The second kappa shape index (κ2) is 7.06. The lowest BCUT2D eigenvalue weighted by Crippen LogP contribution is -2.08. The molecule has 2 aromatic carbocycles. The van der Waals surface area contributed by atoms with E-state index in [0.717, 1.165) is 12.1 Å². The van der Waals surface area contributed by atoms with Gasteiger partial charge in [-0.1, -0.05) is 28.1 Å². The van der Waals surface area contributed by atoms with Crippen LogP contribution in [0.1, 0.15) is 16.7 Å². The summed E-state index contributed by atoms with van der Waals surface area (Å²) in [5.74, 6) is -1.50. The highest BCUT2D eigenvalue weighted by Crippen LogP contribution is 2.36. The zero-order chi connectivity index (χ0) is 18.8. The first-order chi connectivity index (χ1) is 11.6. The Hall–Kier alpha value is -2.68. The number of hydrogen-bond acceptors (Lipinski definition) is 3. The molecule has 2 rings (SSSR count). The lowest BCUT2D eigenvalue weighted by molar-refractivity contribution is -0.385. The summed E-state index contributed by atoms with van der Waals surface area (Å²) in [6.07, 6.45) is -3.62. The van der Waals surface area contributed by atoms with Crippen LogP contribution in [0.25, 0.3) is 11.6 Å². The van der Waals surface area contributed by atoms with Gasteiger partial charge < -0.3 is 5.11 Å². The van der Waals surface area contributed by atoms with Crippen LogP contribution in [0.4, 0.5) is 18.9 Å². The third-order valence-corrected chi connectivity index (χ3v) is 3.70. The summed E-state index contributed by atoms with van der Waals surface area (Å²) in [5, 5.41) is 20.5. The Kier molecular flexibility index (Phi) is 5.27. The molecule has 0 aliphatic carbocycles. The van der Waals surface area contributed by atoms with E-state index in [0.29, 0.717) is 22.2 Å². The minimum absolute atomic E-state index is 0.326. The van der Waals surface area contributed by atoms with Gasteiger partial charge in [0.1, 0.15) is 0 Å². The second-order valence-electron chi connectivity index (χ2n) is 4.90. The highest BCUT2D eigenvalue weighted by atomic mass is 79.9. The van der Waals surface area contributed by atoms with Crippen molar-refractivity contribution in [1.82, 2.24) is 0 Å². The molecule has 5 nitrogen and oxygen atoms in total. The van der Waals surface area contributed by atoms with Crippen LogP contribution < -0.4 is 0 Å². The minimum atomic E-state index is -4.78. The van der Waals surface area contributed by atoms with Crippen LogP contribution in [0, 0.1) is 10.1 Å². The minimum Gasteiger partial charge on any atom is -0.478 e. The molecule has 0 aliphatic heterocycles. The first-order valence-electron chi connectivity index (χ1n) is 6.66. The van der Waals surface area contributed by atoms with E-state index in [9.17, 15) is 33.2 Å². The highest BCUT2D eigenvalue weighted by molar-refractivity contribution is 9.10. The standard InChI is InChI=1S/C16H9BrF3NO4/c17-11-3-1-2-9(6-11)7-13(15(22)23)12-5-4-10(16(18,19)20)8-14(12)21(24)25/h1-8H,(H,22,23)/b13-7+. The van der Waals surface area contributed by atoms with E-state index in [1.807, 2.05) is 0 Å². The Bertz CT molecular complexity index is 878. The molecule has 0 saturated carbocycles. The fraction of sp³-hybridized carbons (Fsp3) is 0.0625. The first-order valence-corrected chi connectivity index (χ1v) is 7.45. The van der Waals surface area contributed by atoms with Crippen LogP contribution in [0.15, 0.2) is 46.9 Å². The molecular formula is C16H9BrF3NO4. The Morgan fingerprint density at radius 3 is 2.40 bits per heavy atom. The van der Waals surface area contributed by atoms with Gasteiger partial charge in [-0.2, -0.15) is 13.2 Å². The van der Waals surface area contributed by atoms with Gasteiger partial charge in [-0.25, -0.2) is 4.79 Å². The zero-order valence-electron chi connectivity index (χ0n) is 12.2. The van der Waals surface area contributed by atoms with Gasteiger partial charge in [0, 0.05) is 10.5 Å². The molecule has 2 aromatic rings. The number of carboxylic acids is 1. The monoisotopic (exact) mass is 415 g/mol. The number of aliphatic carboxylic acids is 1. The Labute approximate surface area is 147 Å². The second-order valence-corrected chi connectivity index (χ2v) is 5.82. The van der Waals surface area contributed by atoms with Gasteiger partial charge in [0.2, 0.25) is 0 Å². The summed E-state index contributed by atoms with van der Waals surface area (Å²) in [7, 11) is 0. The number of nitro groups is 1. The predicted octanol–water partition coefficient (Wildman–Crippen LogP) is 5.00. The third-order valence-electron chi connectivity index (χ3n) is 3.20. The summed E-state index contributed by atoms with van der Waals surface area (Å²) in [5.41, 5.74) is -2.64. The molecule has 1 N–H and O–H groups in total. The van der Waals surface area contributed by atoms with Crippen LogP contribution in [-0.2, 0) is 11.0 Å². The van der Waals surface area contributed by atoms with Crippen molar-refractivity contribution in [3.8, 4) is 0 Å². The number of nitro benzene ring substituents is 1. The van der Waals surface area contributed by atoms with Crippen molar-refractivity contribution in [2.24, 2.45) is 0 Å². The molecular weight excluding hydrogens is 407 g/mol. The van der Waals surface area contributed by atoms with Gasteiger partial charge in [-0.15, -0.1) is 0 Å². The molecule has 0 amide bonds. The van der Waals surface area contributed by atoms with Crippen molar-refractivity contribution >= 4 is 39.2 Å². The quantitative estimate of drug-likeness (QED) is 0.329. The van der Waals surface area contributed by atoms with Crippen molar-refractivity contribution in [3.63, 3.8) is 0 Å². The number of carbonyl (C=O) groups is 1. The molecule has 0 atom stereocenters. The van der Waals surface area contributed by atoms with Gasteiger partial charge >= 0.3 is 12.1 Å². The number of hydrogen-bond donors (Lipinski definition) is 1. The molecule has 9 heteroatoms. The van der Waals surface area contributed by atoms with Crippen LogP contribution in [-0.4, -0.2) is 16.0 Å². The van der Waals surface area contributed by atoms with E-state index < -0.39 is 39.5 Å². The van der Waals surface area contributed by atoms with Gasteiger partial charge in [0.25, 0.3) is 5.69 Å². The van der Waals surface area contributed by atoms with Crippen molar-refractivity contribution in [3.05, 3.63) is 73.7 Å². The van der Waals surface area contributed by atoms with Crippen molar-refractivity contribution in [2.45, 2.75) is 6.18 Å². The molecule has 0 fully saturated rings. The number of benzene rings is 2. The first kappa shape index (κ1) is 18.7. The zero-order valence-corrected chi connectivity index (χ0v) is 13.8. The Morgan fingerprint density at radius 1 is 1.20 bits per heavy atom. The molecule has 0 unspecified atom stereocenters. The van der Waals surface area contributed by atoms with Crippen LogP contribution >= 0.6 is 15.9 Å². The number of carboxylic acid groups (broad SMARTS) is 1. The van der Waals surface area contributed by atoms with Crippen LogP contribution in [0.2, 0.25) is 0 Å². The number of halogens is 4. The third kappa shape index (κ3) is 4.44. The molecule has 0 aliphatic rings. The maximum Gasteiger partial charge on any atom is 0.416 e. The largest absolute Gasteiger partial charge is 0.478 e. The maximum absolute atomic E-state index is 12.8. The normalized spacial score (nSPS) is 12.1. The van der Waals surface area contributed by atoms with E-state index >= 15 is 0 Å². The molecule has 0 spiro atoms. The summed E-state index contributed by atoms with van der Waals surface area (Å²) >= 11 is 3.20. The molecule has 0 aromatic heterocycles. The van der Waals surface area contributed by atoms with E-state index in [2.05, 4.69) is 15.9 Å². The molecule has 130 valence electrons. The Balaban J connectivity index is 2.66. The van der Waals surface area contributed by atoms with Gasteiger partial charge in [-0.05, 0) is 35.9 Å². The maximum atomic E-state index is 12.8. The summed E-state index contributed by atoms with van der Waals surface area (Å²) < 4.78 is 38.9. The smallest absolute Gasteiger partial charge is 0.416 e. The average molecular weight is 416 g/mol. The van der Waals surface area contributed by atoms with Crippen molar-refractivity contribution in [1.29, 1.82) is 0 Å². The van der Waals surface area contributed by atoms with Gasteiger partial charge in [0.05, 0.1) is 21.6 Å². The van der Waals surface area contributed by atoms with E-state index in [-0.39, 0.29) is 0 Å². The lowest BCUT2D eigenvalue weighted by atomic mass is 9.99. The van der Waals surface area contributed by atoms with Gasteiger partial charge in [-0.3, -0.25) is 10.1 Å². The van der Waals surface area contributed by atoms with Crippen LogP contribution in [0.3, 0.4) is 0 Å². The highest BCUT2D eigenvalue weighted by Gasteiger charge is 2.34. The fourth-order valence-corrected chi connectivity index (χ4v) is 2.52. The van der Waals surface area contributed by atoms with Crippen molar-refractivity contribution in [2.75, 3.05) is 0 Å². The SMILES string of the molecule is O=C(O)/C(=C/c1cccc(Br)c1)c1ccc(C(F)(F)F)cc1[N+](=O)[O-]. The van der Waals surface area contributed by atoms with Crippen molar-refractivity contribution < 1.29 is 28.0 Å². The number of alkyl halides is 3.